The van der Waals surface area contributed by atoms with Gasteiger partial charge < -0.3 is 4.90 Å². The summed E-state index contributed by atoms with van der Waals surface area (Å²) in [7, 11) is 0. The number of likely N-dealkylation sites (tertiary alicyclic amines) is 1. The smallest absolute Gasteiger partial charge is 0.253 e. The van der Waals surface area contributed by atoms with Crippen molar-refractivity contribution in [3.63, 3.8) is 0 Å². The maximum Gasteiger partial charge on any atom is 0.253 e. The molecule has 1 saturated heterocycles. The minimum Gasteiger partial charge on any atom is -0.338 e. The molecule has 2 aromatic heterocycles. The number of aromatic nitrogens is 2. The van der Waals surface area contributed by atoms with Crippen molar-refractivity contribution < 1.29 is 4.79 Å². The summed E-state index contributed by atoms with van der Waals surface area (Å²) < 4.78 is 0. The third-order valence-corrected chi connectivity index (χ3v) is 4.25. The maximum absolute atomic E-state index is 12.3. The highest BCUT2D eigenvalue weighted by molar-refractivity contribution is 7.09. The first-order valence-corrected chi connectivity index (χ1v) is 7.28. The minimum absolute atomic E-state index is 0.115. The van der Waals surface area contributed by atoms with Gasteiger partial charge in [-0.1, -0.05) is 0 Å². The van der Waals surface area contributed by atoms with Crippen LogP contribution < -0.4 is 0 Å². The average molecular weight is 273 g/mol. The summed E-state index contributed by atoms with van der Waals surface area (Å²) >= 11 is 1.69. The van der Waals surface area contributed by atoms with Crippen LogP contribution in [-0.4, -0.2) is 33.9 Å². The third-order valence-electron chi connectivity index (χ3n) is 3.45. The van der Waals surface area contributed by atoms with Crippen molar-refractivity contribution in [2.75, 3.05) is 13.1 Å². The molecular formula is C14H15N3OS. The largest absolute Gasteiger partial charge is 0.338 e. The average Bonchev–Trinajstić information content (AvgIpc) is 3.11. The Hall–Kier alpha value is -1.75. The second-order valence-electron chi connectivity index (χ2n) is 4.77. The molecule has 1 unspecified atom stereocenters. The lowest BCUT2D eigenvalue weighted by Crippen LogP contribution is -2.28. The molecule has 0 aliphatic carbocycles. The molecule has 0 N–H and O–H groups in total. The minimum atomic E-state index is 0.115. The topological polar surface area (TPSA) is 46.1 Å². The van der Waals surface area contributed by atoms with Crippen LogP contribution in [0.25, 0.3) is 0 Å². The van der Waals surface area contributed by atoms with Crippen molar-refractivity contribution >= 4 is 17.2 Å². The molecule has 4 nitrogen and oxygen atoms in total. The number of rotatable bonds is 3. The summed E-state index contributed by atoms with van der Waals surface area (Å²) in [5.41, 5.74) is 0.727. The molecule has 5 heteroatoms. The standard InChI is InChI=1S/C14H15N3OS/c18-14(12-1-4-15-5-2-12)17-7-3-11(10-17)9-13-16-6-8-19-13/h1-2,4-6,8,11H,3,7,9-10H2. The molecule has 3 heterocycles. The van der Waals surface area contributed by atoms with E-state index in [-0.39, 0.29) is 5.91 Å². The molecule has 0 radical (unpaired) electrons. The summed E-state index contributed by atoms with van der Waals surface area (Å²) in [6.07, 6.45) is 7.22. The van der Waals surface area contributed by atoms with Gasteiger partial charge in [-0.3, -0.25) is 9.78 Å². The van der Waals surface area contributed by atoms with E-state index in [1.165, 1.54) is 5.01 Å². The number of pyridine rings is 1. The molecule has 0 bridgehead atoms. The van der Waals surface area contributed by atoms with Gasteiger partial charge in [-0.05, 0) is 24.5 Å². The highest BCUT2D eigenvalue weighted by Crippen LogP contribution is 2.23. The number of carbonyl (C=O) groups excluding carboxylic acids is 1. The number of carbonyl (C=O) groups is 1. The van der Waals surface area contributed by atoms with Gasteiger partial charge in [0.15, 0.2) is 0 Å². The lowest BCUT2D eigenvalue weighted by molar-refractivity contribution is 0.0787. The van der Waals surface area contributed by atoms with Crippen LogP contribution in [0, 0.1) is 5.92 Å². The molecule has 0 saturated carbocycles. The Morgan fingerprint density at radius 1 is 1.37 bits per heavy atom. The zero-order chi connectivity index (χ0) is 13.1. The lowest BCUT2D eigenvalue weighted by atomic mass is 10.1. The van der Waals surface area contributed by atoms with E-state index in [0.717, 1.165) is 31.5 Å². The van der Waals surface area contributed by atoms with Gasteiger partial charge in [-0.25, -0.2) is 4.98 Å². The number of thiazole rings is 1. The Labute approximate surface area is 116 Å². The molecule has 1 aliphatic rings. The van der Waals surface area contributed by atoms with Crippen LogP contribution in [0.5, 0.6) is 0 Å². The summed E-state index contributed by atoms with van der Waals surface area (Å²) in [5.74, 6) is 0.654. The van der Waals surface area contributed by atoms with Gasteiger partial charge in [0, 0.05) is 49.0 Å². The van der Waals surface area contributed by atoms with E-state index < -0.39 is 0 Å². The number of hydrogen-bond donors (Lipinski definition) is 0. The van der Waals surface area contributed by atoms with E-state index in [1.54, 1.807) is 35.9 Å². The van der Waals surface area contributed by atoms with Crippen LogP contribution in [0.1, 0.15) is 21.8 Å². The second kappa shape index (κ2) is 5.48. The van der Waals surface area contributed by atoms with Crippen molar-refractivity contribution in [3.05, 3.63) is 46.7 Å². The third kappa shape index (κ3) is 2.81. The normalized spacial score (nSPS) is 18.7. The SMILES string of the molecule is O=C(c1ccncc1)N1CCC(Cc2nccs2)C1. The van der Waals surface area contributed by atoms with Gasteiger partial charge in [0.2, 0.25) is 0 Å². The first-order valence-electron chi connectivity index (χ1n) is 6.40. The molecule has 0 spiro atoms. The van der Waals surface area contributed by atoms with Crippen LogP contribution >= 0.6 is 11.3 Å². The Bertz CT molecular complexity index is 541. The van der Waals surface area contributed by atoms with Crippen molar-refractivity contribution in [1.29, 1.82) is 0 Å². The van der Waals surface area contributed by atoms with Crippen LogP contribution in [0.4, 0.5) is 0 Å². The van der Waals surface area contributed by atoms with E-state index in [9.17, 15) is 4.79 Å². The Morgan fingerprint density at radius 3 is 2.95 bits per heavy atom. The Morgan fingerprint density at radius 2 is 2.21 bits per heavy atom. The summed E-state index contributed by atoms with van der Waals surface area (Å²) in [6.45, 7) is 1.68. The maximum atomic E-state index is 12.3. The zero-order valence-corrected chi connectivity index (χ0v) is 11.3. The molecule has 1 amide bonds. The highest BCUT2D eigenvalue weighted by Gasteiger charge is 2.27. The number of nitrogens with zero attached hydrogens (tertiary/aromatic N) is 3. The lowest BCUT2D eigenvalue weighted by Gasteiger charge is -2.16. The predicted molar refractivity (Wildman–Crippen MR) is 74.1 cm³/mol. The quantitative estimate of drug-likeness (QED) is 0.861. The van der Waals surface area contributed by atoms with Gasteiger partial charge >= 0.3 is 0 Å². The van der Waals surface area contributed by atoms with E-state index >= 15 is 0 Å². The fourth-order valence-corrected chi connectivity index (χ4v) is 3.19. The first-order chi connectivity index (χ1) is 9.33. The predicted octanol–water partition coefficient (Wildman–Crippen LogP) is 2.24. The summed E-state index contributed by atoms with van der Waals surface area (Å²) in [5, 5.41) is 3.17. The van der Waals surface area contributed by atoms with Gasteiger partial charge in [0.05, 0.1) is 5.01 Å². The van der Waals surface area contributed by atoms with Gasteiger partial charge in [0.25, 0.3) is 5.91 Å². The monoisotopic (exact) mass is 273 g/mol. The molecule has 19 heavy (non-hydrogen) atoms. The molecule has 3 rings (SSSR count). The van der Waals surface area contributed by atoms with E-state index in [1.807, 2.05) is 16.5 Å². The molecule has 98 valence electrons. The zero-order valence-electron chi connectivity index (χ0n) is 10.5. The van der Waals surface area contributed by atoms with Crippen LogP contribution in [-0.2, 0) is 6.42 Å². The Kier molecular flexibility index (Phi) is 3.55. The van der Waals surface area contributed by atoms with Crippen LogP contribution in [0.2, 0.25) is 0 Å². The summed E-state index contributed by atoms with van der Waals surface area (Å²) in [6, 6.07) is 3.55. The molecule has 0 aromatic carbocycles. The molecule has 1 atom stereocenters. The fraction of sp³-hybridized carbons (Fsp3) is 0.357. The van der Waals surface area contributed by atoms with Crippen molar-refractivity contribution in [2.24, 2.45) is 5.92 Å². The van der Waals surface area contributed by atoms with Gasteiger partial charge in [-0.2, -0.15) is 0 Å². The molecule has 1 fully saturated rings. The second-order valence-corrected chi connectivity index (χ2v) is 5.75. The highest BCUT2D eigenvalue weighted by atomic mass is 32.1. The number of amides is 1. The fourth-order valence-electron chi connectivity index (χ4n) is 2.46. The summed E-state index contributed by atoms with van der Waals surface area (Å²) in [4.78, 5) is 22.5. The molecular weight excluding hydrogens is 258 g/mol. The van der Waals surface area contributed by atoms with Gasteiger partial charge in [-0.15, -0.1) is 11.3 Å². The van der Waals surface area contributed by atoms with Crippen molar-refractivity contribution in [2.45, 2.75) is 12.8 Å². The number of hydrogen-bond acceptors (Lipinski definition) is 4. The van der Waals surface area contributed by atoms with E-state index in [4.69, 9.17) is 0 Å². The van der Waals surface area contributed by atoms with Crippen molar-refractivity contribution in [1.82, 2.24) is 14.9 Å². The van der Waals surface area contributed by atoms with Crippen LogP contribution in [0.15, 0.2) is 36.1 Å². The van der Waals surface area contributed by atoms with E-state index in [0.29, 0.717) is 5.92 Å². The first kappa shape index (κ1) is 12.3. The molecule has 1 aliphatic heterocycles. The van der Waals surface area contributed by atoms with E-state index in [2.05, 4.69) is 9.97 Å². The Balaban J connectivity index is 1.61. The molecule has 2 aromatic rings. The van der Waals surface area contributed by atoms with Crippen molar-refractivity contribution in [3.8, 4) is 0 Å². The van der Waals surface area contributed by atoms with Crippen LogP contribution in [0.3, 0.4) is 0 Å². The van der Waals surface area contributed by atoms with Gasteiger partial charge in [0.1, 0.15) is 0 Å².